The van der Waals surface area contributed by atoms with Gasteiger partial charge in [-0.25, -0.2) is 0 Å². The number of benzene rings is 9. The van der Waals surface area contributed by atoms with Crippen molar-refractivity contribution in [2.24, 2.45) is 0 Å². The highest BCUT2D eigenvalue weighted by Crippen LogP contribution is 2.35. The summed E-state index contributed by atoms with van der Waals surface area (Å²) in [7, 11) is 0. The van der Waals surface area contributed by atoms with Crippen LogP contribution in [-0.4, -0.2) is 0 Å². The first-order valence-electron chi connectivity index (χ1n) is 40.0. The van der Waals surface area contributed by atoms with Crippen molar-refractivity contribution in [3.05, 3.63) is 315 Å². The van der Waals surface area contributed by atoms with Gasteiger partial charge in [-0.15, -0.1) is 0 Å². The van der Waals surface area contributed by atoms with Crippen LogP contribution in [0.3, 0.4) is 0 Å². The molecule has 0 fully saturated rings. The highest BCUT2D eigenvalue weighted by molar-refractivity contribution is 5.43. The fraction of sp³-hybridized carbons (Fsp3) is 0.491. The molecule has 0 radical (unpaired) electrons. The first kappa shape index (κ1) is 97.0. The Balaban J connectivity index is 0.000000599. The van der Waals surface area contributed by atoms with Gasteiger partial charge in [0.05, 0.1) is 0 Å². The Morgan fingerprint density at radius 1 is 0.189 bits per heavy atom. The van der Waals surface area contributed by atoms with Gasteiger partial charge >= 0.3 is 0 Å². The topological polar surface area (TPSA) is 0 Å². The molecule has 0 heterocycles. The highest BCUT2D eigenvalue weighted by Gasteiger charge is 2.23. The van der Waals surface area contributed by atoms with Crippen LogP contribution in [0.1, 0.15) is 348 Å². The van der Waals surface area contributed by atoms with Gasteiger partial charge in [-0.05, 0) is 267 Å². The zero-order valence-electron chi connectivity index (χ0n) is 76.5. The third kappa shape index (κ3) is 35.3. The zero-order chi connectivity index (χ0) is 82.1. The molecule has 0 atom stereocenters. The maximum atomic E-state index is 2.35. The predicted molar refractivity (Wildman–Crippen MR) is 482 cm³/mol. The Labute approximate surface area is 657 Å². The van der Waals surface area contributed by atoms with Crippen LogP contribution in [0.25, 0.3) is 0 Å². The van der Waals surface area contributed by atoms with Crippen LogP contribution in [0, 0.1) is 111 Å². The molecule has 9 aromatic carbocycles. The lowest BCUT2D eigenvalue weighted by Gasteiger charge is -2.28. The van der Waals surface area contributed by atoms with E-state index in [0.29, 0.717) is 23.7 Å². The summed E-state index contributed by atoms with van der Waals surface area (Å²) >= 11 is 0. The fourth-order valence-electron chi connectivity index (χ4n) is 12.9. The van der Waals surface area contributed by atoms with Gasteiger partial charge in [0.1, 0.15) is 0 Å². The van der Waals surface area contributed by atoms with Crippen LogP contribution >= 0.6 is 0 Å². The summed E-state index contributed by atoms with van der Waals surface area (Å²) in [6.45, 7) is 93.3. The van der Waals surface area contributed by atoms with E-state index in [1.165, 1.54) is 145 Å². The maximum absolute atomic E-state index is 2.35. The third-order valence-corrected chi connectivity index (χ3v) is 20.0. The molecule has 582 valence electrons. The molecule has 9 rings (SSSR count). The molecule has 0 amide bonds. The minimum absolute atomic E-state index is 0.241. The molecule has 0 spiro atoms. The third-order valence-electron chi connectivity index (χ3n) is 20.0. The number of rotatable bonds is 4. The van der Waals surface area contributed by atoms with Crippen LogP contribution in [0.15, 0.2) is 170 Å². The number of hydrogen-bond acceptors (Lipinski definition) is 0. The monoisotopic (exact) mass is 1430 g/mol. The van der Waals surface area contributed by atoms with E-state index in [9.17, 15) is 0 Å². The van der Waals surface area contributed by atoms with Gasteiger partial charge in [-0.1, -0.05) is 394 Å². The molecular weight excluding hydrogens is 1270 g/mol. The zero-order valence-corrected chi connectivity index (χ0v) is 76.5. The average Bonchev–Trinajstić information content (AvgIpc) is 0.801. The number of aryl methyl sites for hydroxylation is 12. The largest absolute Gasteiger partial charge is 0.0617 e. The van der Waals surface area contributed by atoms with Crippen LogP contribution in [0.2, 0.25) is 0 Å². The first-order chi connectivity index (χ1) is 48.3. The second kappa shape index (κ2) is 42.7. The summed E-state index contributed by atoms with van der Waals surface area (Å²) in [4.78, 5) is 0. The molecule has 0 N–H and O–H groups in total. The second-order valence-corrected chi connectivity index (χ2v) is 38.4. The first-order valence-corrected chi connectivity index (χ1v) is 40.0. The van der Waals surface area contributed by atoms with E-state index in [-0.39, 0.29) is 32.5 Å². The summed E-state index contributed by atoms with van der Waals surface area (Å²) in [6, 6.07) is 62.1. The Hall–Kier alpha value is -7.02. The van der Waals surface area contributed by atoms with Crippen molar-refractivity contribution in [3.63, 3.8) is 0 Å². The summed E-state index contributed by atoms with van der Waals surface area (Å²) in [5.41, 5.74) is 38.3. The molecule has 0 aliphatic carbocycles. The maximum Gasteiger partial charge on any atom is -0.0129 e. The van der Waals surface area contributed by atoms with Gasteiger partial charge < -0.3 is 0 Å². The summed E-state index contributed by atoms with van der Waals surface area (Å²) < 4.78 is 0. The smallest absolute Gasteiger partial charge is 0.0129 e. The molecule has 0 unspecified atom stereocenters. The molecule has 0 aromatic heterocycles. The van der Waals surface area contributed by atoms with Gasteiger partial charge in [0.25, 0.3) is 0 Å². The Morgan fingerprint density at radius 2 is 0.491 bits per heavy atom. The minimum Gasteiger partial charge on any atom is -0.0617 e. The van der Waals surface area contributed by atoms with Gasteiger partial charge in [0.2, 0.25) is 0 Å². The molecule has 0 nitrogen and oxygen atoms in total. The summed E-state index contributed by atoms with van der Waals surface area (Å²) in [6.07, 6.45) is 0. The van der Waals surface area contributed by atoms with Crippen molar-refractivity contribution >= 4 is 0 Å². The molecule has 0 aliphatic heterocycles. The molecule has 0 heteroatoms. The molecule has 0 saturated heterocycles. The molecular formula is C106H158. The van der Waals surface area contributed by atoms with Crippen LogP contribution in [0.5, 0.6) is 0 Å². The van der Waals surface area contributed by atoms with E-state index >= 15 is 0 Å². The van der Waals surface area contributed by atoms with E-state index in [1.807, 2.05) is 0 Å². The lowest BCUT2D eigenvalue weighted by atomic mass is 9.77. The quantitative estimate of drug-likeness (QED) is 0.165. The Bertz CT molecular complexity index is 3870. The van der Waals surface area contributed by atoms with Crippen LogP contribution in [-0.2, 0) is 32.5 Å². The van der Waals surface area contributed by atoms with Crippen LogP contribution < -0.4 is 0 Å². The highest BCUT2D eigenvalue weighted by atomic mass is 14.3. The van der Waals surface area contributed by atoms with Gasteiger partial charge in [0, 0.05) is 0 Å². The molecule has 9 aromatic rings. The standard InChI is InChI=1S/2C15H24.2C13H20.2C11H16.C10H14.2C9H12/c1-11-8-12(14(2,3)4)10-13(9-11)15(5,6)7;1-11-12(14(2,3)4)9-8-10-13(11)15(5,6)7;1-9(2)12-6-11(5)7-13(8-12)10(3)4;1-9(2)12-7-6-8-13(10(3)4)11(12)5;1-9-5-7-10(8-6-9)11(2,3)4;1-9-6-5-7-10(8-9)11(2,3)4;1-7-5-8(2)10(4)9(3)6-7;1-7-4-8(2)6-9(3)5-7;1-7-5-4-6-8(2)9(7)3/h2*8-10H,1-7H3;2*6-10H,1-5H3;2*5-8H,1-4H3;5-6H,1-4H3;2*4-6H,1-3H3. The van der Waals surface area contributed by atoms with E-state index in [2.05, 4.69) is 461 Å². The van der Waals surface area contributed by atoms with E-state index in [1.54, 1.807) is 0 Å². The van der Waals surface area contributed by atoms with Crippen molar-refractivity contribution in [3.8, 4) is 0 Å². The second-order valence-electron chi connectivity index (χ2n) is 38.4. The summed E-state index contributed by atoms with van der Waals surface area (Å²) in [5, 5.41) is 0. The van der Waals surface area contributed by atoms with Gasteiger partial charge in [-0.3, -0.25) is 0 Å². The molecule has 0 saturated carbocycles. The van der Waals surface area contributed by atoms with E-state index < -0.39 is 0 Å². The van der Waals surface area contributed by atoms with E-state index in [4.69, 9.17) is 0 Å². The predicted octanol–water partition coefficient (Wildman–Crippen LogP) is 32.4. The van der Waals surface area contributed by atoms with Crippen molar-refractivity contribution in [1.82, 2.24) is 0 Å². The van der Waals surface area contributed by atoms with Crippen molar-refractivity contribution in [2.75, 3.05) is 0 Å². The Kier molecular flexibility index (Phi) is 39.0. The lowest BCUT2D eigenvalue weighted by molar-refractivity contribution is 0.561. The van der Waals surface area contributed by atoms with Crippen LogP contribution in [0.4, 0.5) is 0 Å². The number of hydrogen-bond donors (Lipinski definition) is 0. The van der Waals surface area contributed by atoms with E-state index in [0.717, 1.165) is 0 Å². The molecule has 106 heavy (non-hydrogen) atoms. The van der Waals surface area contributed by atoms with Gasteiger partial charge in [0.15, 0.2) is 0 Å². The average molecular weight is 1430 g/mol. The minimum atomic E-state index is 0.241. The normalized spacial score (nSPS) is 11.5. The van der Waals surface area contributed by atoms with Crippen molar-refractivity contribution < 1.29 is 0 Å². The molecule has 0 aliphatic rings. The van der Waals surface area contributed by atoms with Crippen molar-refractivity contribution in [2.45, 2.75) is 347 Å². The lowest BCUT2D eigenvalue weighted by Crippen LogP contribution is -2.19. The molecule has 0 bridgehead atoms. The SMILES string of the molecule is Cc1c(C(C)(C)C)cccc1C(C)(C)C.Cc1c(C(C)C)cccc1C(C)C.Cc1cc(C(C)(C)C)cc(C(C)(C)C)c1.Cc1cc(C(C)C)cc(C(C)C)c1.Cc1cc(C)c(C)c(C)c1.Cc1cc(C)cc(C)c1.Cc1ccc(C(C)(C)C)cc1.Cc1cccc(C(C)(C)C)c1.Cc1cccc(C)c1C. The summed E-state index contributed by atoms with van der Waals surface area (Å²) in [5.74, 6) is 2.55. The fourth-order valence-corrected chi connectivity index (χ4v) is 12.9. The Morgan fingerprint density at radius 3 is 0.802 bits per heavy atom. The van der Waals surface area contributed by atoms with Gasteiger partial charge in [-0.2, -0.15) is 0 Å². The van der Waals surface area contributed by atoms with Crippen molar-refractivity contribution in [1.29, 1.82) is 0 Å².